The van der Waals surface area contributed by atoms with Crippen LogP contribution in [0.1, 0.15) is 11.8 Å². The fraction of sp³-hybridized carbons (Fsp3) is 0.231. The van der Waals surface area contributed by atoms with Crippen LogP contribution in [0.25, 0.3) is 0 Å². The molecule has 102 valence electrons. The standard InChI is InChI=1S/C13H14BrNO2S2/c1-2-19(16,17)12-6-4-3-5-11(12)15-9-10-7-8-13(14)18-10/h3-8,15H,2,9H2,1H3. The molecule has 0 bridgehead atoms. The molecule has 0 saturated carbocycles. The third kappa shape index (κ3) is 3.58. The number of sulfone groups is 1. The van der Waals surface area contributed by atoms with Crippen molar-refractivity contribution in [1.29, 1.82) is 0 Å². The molecule has 0 saturated heterocycles. The summed E-state index contributed by atoms with van der Waals surface area (Å²) in [6, 6.07) is 11.0. The molecule has 0 atom stereocenters. The van der Waals surface area contributed by atoms with Gasteiger partial charge in [0.15, 0.2) is 9.84 Å². The Morgan fingerprint density at radius 3 is 2.58 bits per heavy atom. The van der Waals surface area contributed by atoms with Gasteiger partial charge in [-0.3, -0.25) is 0 Å². The molecule has 2 rings (SSSR count). The predicted molar refractivity (Wildman–Crippen MR) is 83.5 cm³/mol. The molecule has 0 spiro atoms. The van der Waals surface area contributed by atoms with E-state index >= 15 is 0 Å². The molecule has 2 aromatic rings. The van der Waals surface area contributed by atoms with Crippen molar-refractivity contribution in [3.8, 4) is 0 Å². The lowest BCUT2D eigenvalue weighted by Gasteiger charge is -2.10. The maximum atomic E-state index is 12.0. The summed E-state index contributed by atoms with van der Waals surface area (Å²) in [5.41, 5.74) is 0.661. The SMILES string of the molecule is CCS(=O)(=O)c1ccccc1NCc1ccc(Br)s1. The molecule has 0 aliphatic rings. The summed E-state index contributed by atoms with van der Waals surface area (Å²) < 4.78 is 25.1. The van der Waals surface area contributed by atoms with Crippen LogP contribution >= 0.6 is 27.3 Å². The maximum Gasteiger partial charge on any atom is 0.180 e. The van der Waals surface area contributed by atoms with Gasteiger partial charge in [0.2, 0.25) is 0 Å². The Balaban J connectivity index is 2.21. The second-order valence-corrected chi connectivity index (χ2v) is 8.75. The predicted octanol–water partition coefficient (Wildman–Crippen LogP) is 3.92. The van der Waals surface area contributed by atoms with Gasteiger partial charge >= 0.3 is 0 Å². The van der Waals surface area contributed by atoms with E-state index in [0.29, 0.717) is 17.1 Å². The Kier molecular flexibility index (Phi) is 4.65. The summed E-state index contributed by atoms with van der Waals surface area (Å²) >= 11 is 5.04. The Bertz CT molecular complexity index is 665. The van der Waals surface area contributed by atoms with Crippen LogP contribution in [0.5, 0.6) is 0 Å². The minimum absolute atomic E-state index is 0.107. The van der Waals surface area contributed by atoms with Crippen LogP contribution in [0, 0.1) is 0 Å². The van der Waals surface area contributed by atoms with Crippen molar-refractivity contribution in [2.24, 2.45) is 0 Å². The van der Waals surface area contributed by atoms with Crippen molar-refractivity contribution in [3.63, 3.8) is 0 Å². The Morgan fingerprint density at radius 2 is 1.95 bits per heavy atom. The molecule has 0 radical (unpaired) electrons. The average Bonchev–Trinajstić information content (AvgIpc) is 2.82. The Morgan fingerprint density at radius 1 is 1.21 bits per heavy atom. The fourth-order valence-corrected chi connectivity index (χ4v) is 4.16. The van der Waals surface area contributed by atoms with E-state index in [1.807, 2.05) is 18.2 Å². The Hall–Kier alpha value is -0.850. The molecular weight excluding hydrogens is 346 g/mol. The van der Waals surface area contributed by atoms with Crippen molar-refractivity contribution in [3.05, 3.63) is 45.1 Å². The summed E-state index contributed by atoms with van der Waals surface area (Å²) in [6.07, 6.45) is 0. The maximum absolute atomic E-state index is 12.0. The third-order valence-electron chi connectivity index (χ3n) is 2.68. The molecule has 1 aromatic carbocycles. The topological polar surface area (TPSA) is 46.2 Å². The number of para-hydroxylation sites is 1. The quantitative estimate of drug-likeness (QED) is 0.879. The van der Waals surface area contributed by atoms with Crippen LogP contribution < -0.4 is 5.32 Å². The van der Waals surface area contributed by atoms with Crippen molar-refractivity contribution in [2.75, 3.05) is 11.1 Å². The first-order valence-electron chi connectivity index (χ1n) is 5.83. The zero-order chi connectivity index (χ0) is 13.9. The van der Waals surface area contributed by atoms with E-state index in [4.69, 9.17) is 0 Å². The lowest BCUT2D eigenvalue weighted by atomic mass is 10.3. The zero-order valence-electron chi connectivity index (χ0n) is 10.4. The minimum atomic E-state index is -3.20. The van der Waals surface area contributed by atoms with Gasteiger partial charge in [0, 0.05) is 11.4 Å². The zero-order valence-corrected chi connectivity index (χ0v) is 13.6. The number of nitrogens with one attached hydrogen (secondary N) is 1. The number of hydrogen-bond donors (Lipinski definition) is 1. The normalized spacial score (nSPS) is 11.5. The molecule has 6 heteroatoms. The van der Waals surface area contributed by atoms with E-state index in [1.165, 1.54) is 0 Å². The monoisotopic (exact) mass is 359 g/mol. The molecule has 0 unspecified atom stereocenters. The number of anilines is 1. The van der Waals surface area contributed by atoms with Crippen molar-refractivity contribution in [2.45, 2.75) is 18.4 Å². The van der Waals surface area contributed by atoms with Crippen LogP contribution in [0.2, 0.25) is 0 Å². The number of rotatable bonds is 5. The molecule has 0 aliphatic carbocycles. The highest BCUT2D eigenvalue weighted by Crippen LogP contribution is 2.25. The van der Waals surface area contributed by atoms with E-state index < -0.39 is 9.84 Å². The lowest BCUT2D eigenvalue weighted by molar-refractivity contribution is 0.597. The molecule has 19 heavy (non-hydrogen) atoms. The van der Waals surface area contributed by atoms with Crippen LogP contribution in [0.15, 0.2) is 45.1 Å². The summed E-state index contributed by atoms with van der Waals surface area (Å²) in [6.45, 7) is 2.27. The average molecular weight is 360 g/mol. The van der Waals surface area contributed by atoms with Crippen molar-refractivity contribution >= 4 is 42.8 Å². The van der Waals surface area contributed by atoms with Crippen molar-refractivity contribution < 1.29 is 8.42 Å². The van der Waals surface area contributed by atoms with Gasteiger partial charge in [-0.2, -0.15) is 0 Å². The lowest BCUT2D eigenvalue weighted by Crippen LogP contribution is -2.08. The number of thiophene rings is 1. The summed E-state index contributed by atoms with van der Waals surface area (Å²) in [4.78, 5) is 1.52. The van der Waals surface area contributed by atoms with Gasteiger partial charge in [-0.15, -0.1) is 11.3 Å². The van der Waals surface area contributed by atoms with Gasteiger partial charge in [-0.25, -0.2) is 8.42 Å². The van der Waals surface area contributed by atoms with Crippen LogP contribution in [-0.4, -0.2) is 14.2 Å². The van der Waals surface area contributed by atoms with Crippen molar-refractivity contribution in [1.82, 2.24) is 0 Å². The highest BCUT2D eigenvalue weighted by Gasteiger charge is 2.15. The Labute approximate surface area is 125 Å². The van der Waals surface area contributed by atoms with Gasteiger partial charge in [-0.1, -0.05) is 19.1 Å². The van der Waals surface area contributed by atoms with E-state index in [0.717, 1.165) is 8.66 Å². The van der Waals surface area contributed by atoms with Gasteiger partial charge in [0.05, 0.1) is 20.1 Å². The molecule has 3 nitrogen and oxygen atoms in total. The molecule has 1 aromatic heterocycles. The first-order valence-corrected chi connectivity index (χ1v) is 9.09. The van der Waals surface area contributed by atoms with E-state index in [2.05, 4.69) is 21.2 Å². The minimum Gasteiger partial charge on any atom is -0.379 e. The van der Waals surface area contributed by atoms with Gasteiger partial charge in [0.1, 0.15) is 0 Å². The molecule has 1 N–H and O–H groups in total. The molecule has 0 amide bonds. The summed E-state index contributed by atoms with van der Waals surface area (Å²) in [7, 11) is -3.20. The summed E-state index contributed by atoms with van der Waals surface area (Å²) in [5, 5.41) is 3.19. The molecule has 1 heterocycles. The molecular formula is C13H14BrNO2S2. The molecule has 0 aliphatic heterocycles. The first kappa shape index (κ1) is 14.6. The van der Waals surface area contributed by atoms with Gasteiger partial charge < -0.3 is 5.32 Å². The van der Waals surface area contributed by atoms with E-state index in [-0.39, 0.29) is 5.75 Å². The van der Waals surface area contributed by atoms with Crippen LogP contribution in [-0.2, 0) is 16.4 Å². The van der Waals surface area contributed by atoms with Gasteiger partial charge in [-0.05, 0) is 40.2 Å². The second-order valence-electron chi connectivity index (χ2n) is 3.96. The van der Waals surface area contributed by atoms with E-state index in [1.54, 1.807) is 36.5 Å². The third-order valence-corrected chi connectivity index (χ3v) is 6.09. The van der Waals surface area contributed by atoms with Crippen LogP contribution in [0.3, 0.4) is 0 Å². The van der Waals surface area contributed by atoms with Gasteiger partial charge in [0.25, 0.3) is 0 Å². The second kappa shape index (κ2) is 6.07. The highest BCUT2D eigenvalue weighted by molar-refractivity contribution is 9.11. The summed E-state index contributed by atoms with van der Waals surface area (Å²) in [5.74, 6) is 0.107. The highest BCUT2D eigenvalue weighted by atomic mass is 79.9. The van der Waals surface area contributed by atoms with Crippen LogP contribution in [0.4, 0.5) is 5.69 Å². The smallest absolute Gasteiger partial charge is 0.180 e. The van der Waals surface area contributed by atoms with E-state index in [9.17, 15) is 8.42 Å². The number of benzene rings is 1. The molecule has 0 fully saturated rings. The fourth-order valence-electron chi connectivity index (χ4n) is 1.67. The number of halogens is 1. The number of hydrogen-bond acceptors (Lipinski definition) is 4. The first-order chi connectivity index (χ1) is 9.03. The largest absolute Gasteiger partial charge is 0.379 e.